The standard InChI is InChI=1S/C19H27N5O3S/c1-15-14-16(2)24(21-15)9-8-19(25)20-17-4-6-18(7-5-17)28(26,27)23-12-10-22(3)11-13-23/h4-7,14H,8-13H2,1-3H3,(H,20,25). The van der Waals surface area contributed by atoms with Crippen LogP contribution in [0.25, 0.3) is 0 Å². The van der Waals surface area contributed by atoms with Crippen molar-refractivity contribution in [2.75, 3.05) is 38.5 Å². The van der Waals surface area contributed by atoms with Crippen LogP contribution >= 0.6 is 0 Å². The van der Waals surface area contributed by atoms with Crippen molar-refractivity contribution in [3.8, 4) is 0 Å². The number of aryl methyl sites for hydroxylation is 3. The van der Waals surface area contributed by atoms with Gasteiger partial charge in [-0.25, -0.2) is 8.42 Å². The number of amides is 1. The summed E-state index contributed by atoms with van der Waals surface area (Å²) in [5.74, 6) is -0.137. The molecule has 3 rings (SSSR count). The summed E-state index contributed by atoms with van der Waals surface area (Å²) in [5.41, 5.74) is 2.52. The van der Waals surface area contributed by atoms with E-state index in [1.165, 1.54) is 4.31 Å². The molecule has 1 aliphatic rings. The zero-order valence-corrected chi connectivity index (χ0v) is 17.4. The Morgan fingerprint density at radius 1 is 1.11 bits per heavy atom. The minimum atomic E-state index is -3.50. The number of nitrogens with one attached hydrogen (secondary N) is 1. The molecular weight excluding hydrogens is 378 g/mol. The van der Waals surface area contributed by atoms with Gasteiger partial charge in [0.2, 0.25) is 15.9 Å². The first kappa shape index (κ1) is 20.5. The molecule has 1 fully saturated rings. The molecule has 1 aromatic heterocycles. The molecule has 1 aromatic carbocycles. The first-order valence-electron chi connectivity index (χ1n) is 9.35. The molecule has 0 saturated carbocycles. The number of hydrogen-bond donors (Lipinski definition) is 1. The number of nitrogens with zero attached hydrogens (tertiary/aromatic N) is 4. The van der Waals surface area contributed by atoms with Crippen LogP contribution in [0.15, 0.2) is 35.2 Å². The van der Waals surface area contributed by atoms with E-state index in [4.69, 9.17) is 0 Å². The van der Waals surface area contributed by atoms with Gasteiger partial charge in [-0.3, -0.25) is 9.48 Å². The number of aromatic nitrogens is 2. The Morgan fingerprint density at radius 3 is 2.32 bits per heavy atom. The van der Waals surface area contributed by atoms with E-state index in [1.54, 1.807) is 28.9 Å². The third kappa shape index (κ3) is 4.78. The highest BCUT2D eigenvalue weighted by atomic mass is 32.2. The summed E-state index contributed by atoms with van der Waals surface area (Å²) in [6.45, 7) is 6.80. The lowest BCUT2D eigenvalue weighted by Gasteiger charge is -2.31. The topological polar surface area (TPSA) is 87.5 Å². The van der Waals surface area contributed by atoms with Crippen molar-refractivity contribution < 1.29 is 13.2 Å². The summed E-state index contributed by atoms with van der Waals surface area (Å²) in [6.07, 6.45) is 0.295. The van der Waals surface area contributed by atoms with Crippen LogP contribution < -0.4 is 5.32 Å². The number of hydrogen-bond acceptors (Lipinski definition) is 5. The second-order valence-corrected chi connectivity index (χ2v) is 9.12. The molecule has 9 heteroatoms. The fourth-order valence-electron chi connectivity index (χ4n) is 3.22. The van der Waals surface area contributed by atoms with Crippen molar-refractivity contribution >= 4 is 21.6 Å². The predicted octanol–water partition coefficient (Wildman–Crippen LogP) is 1.46. The van der Waals surface area contributed by atoms with Crippen LogP contribution in [-0.2, 0) is 21.4 Å². The maximum Gasteiger partial charge on any atom is 0.243 e. The highest BCUT2D eigenvalue weighted by Gasteiger charge is 2.27. The van der Waals surface area contributed by atoms with E-state index in [0.29, 0.717) is 31.7 Å². The smallest absolute Gasteiger partial charge is 0.243 e. The van der Waals surface area contributed by atoms with Crippen molar-refractivity contribution in [2.45, 2.75) is 31.7 Å². The molecule has 1 N–H and O–H groups in total. The van der Waals surface area contributed by atoms with E-state index in [-0.39, 0.29) is 10.8 Å². The van der Waals surface area contributed by atoms with Gasteiger partial charge in [0.15, 0.2) is 0 Å². The van der Waals surface area contributed by atoms with Crippen LogP contribution in [0.1, 0.15) is 17.8 Å². The van der Waals surface area contributed by atoms with E-state index in [2.05, 4.69) is 15.3 Å². The summed E-state index contributed by atoms with van der Waals surface area (Å²) in [6, 6.07) is 8.32. The predicted molar refractivity (Wildman–Crippen MR) is 108 cm³/mol. The molecule has 28 heavy (non-hydrogen) atoms. The number of benzene rings is 1. The molecule has 0 atom stereocenters. The van der Waals surface area contributed by atoms with Gasteiger partial charge in [0.25, 0.3) is 0 Å². The Hall–Kier alpha value is -2.23. The number of sulfonamides is 1. The highest BCUT2D eigenvalue weighted by molar-refractivity contribution is 7.89. The van der Waals surface area contributed by atoms with Gasteiger partial charge in [0.05, 0.1) is 10.6 Å². The maximum absolute atomic E-state index is 12.7. The lowest BCUT2D eigenvalue weighted by Crippen LogP contribution is -2.46. The molecule has 152 valence electrons. The summed E-state index contributed by atoms with van der Waals surface area (Å²) >= 11 is 0. The number of rotatable bonds is 6. The first-order valence-corrected chi connectivity index (χ1v) is 10.8. The molecule has 0 spiro atoms. The van der Waals surface area contributed by atoms with Crippen LogP contribution in [0.2, 0.25) is 0 Å². The lowest BCUT2D eigenvalue weighted by molar-refractivity contribution is -0.116. The van der Waals surface area contributed by atoms with Gasteiger partial charge < -0.3 is 10.2 Å². The third-order valence-electron chi connectivity index (χ3n) is 4.89. The zero-order chi connectivity index (χ0) is 20.3. The summed E-state index contributed by atoms with van der Waals surface area (Å²) in [7, 11) is -1.51. The number of anilines is 1. The summed E-state index contributed by atoms with van der Waals surface area (Å²) in [4.78, 5) is 14.5. The molecule has 2 heterocycles. The van der Waals surface area contributed by atoms with Crippen molar-refractivity contribution in [3.05, 3.63) is 41.7 Å². The number of carbonyl (C=O) groups is 1. The fraction of sp³-hybridized carbons (Fsp3) is 0.474. The monoisotopic (exact) mass is 405 g/mol. The fourth-order valence-corrected chi connectivity index (χ4v) is 4.64. The number of likely N-dealkylation sites (N-methyl/N-ethyl adjacent to an activating group) is 1. The zero-order valence-electron chi connectivity index (χ0n) is 16.6. The molecule has 0 bridgehead atoms. The Kier molecular flexibility index (Phi) is 6.17. The average Bonchev–Trinajstić information content (AvgIpc) is 2.98. The Morgan fingerprint density at radius 2 is 1.75 bits per heavy atom. The molecular formula is C19H27N5O3S. The summed E-state index contributed by atoms with van der Waals surface area (Å²) < 4.78 is 28.8. The first-order chi connectivity index (χ1) is 13.3. The van der Waals surface area contributed by atoms with Crippen LogP contribution in [0, 0.1) is 13.8 Å². The highest BCUT2D eigenvalue weighted by Crippen LogP contribution is 2.20. The van der Waals surface area contributed by atoms with Gasteiger partial charge in [-0.05, 0) is 51.2 Å². The molecule has 1 saturated heterocycles. The molecule has 0 unspecified atom stereocenters. The van der Waals surface area contributed by atoms with Gasteiger partial charge in [0.1, 0.15) is 0 Å². The molecule has 1 aliphatic heterocycles. The average molecular weight is 406 g/mol. The maximum atomic E-state index is 12.7. The van der Waals surface area contributed by atoms with Crippen molar-refractivity contribution in [1.82, 2.24) is 19.0 Å². The third-order valence-corrected chi connectivity index (χ3v) is 6.80. The van der Waals surface area contributed by atoms with Gasteiger partial charge >= 0.3 is 0 Å². The number of carbonyl (C=O) groups excluding carboxylic acids is 1. The van der Waals surface area contributed by atoms with E-state index in [9.17, 15) is 13.2 Å². The second-order valence-electron chi connectivity index (χ2n) is 7.18. The SMILES string of the molecule is Cc1cc(C)n(CCC(=O)Nc2ccc(S(=O)(=O)N3CCN(C)CC3)cc2)n1. The van der Waals surface area contributed by atoms with Gasteiger partial charge in [-0.1, -0.05) is 0 Å². The Balaban J connectivity index is 1.58. The van der Waals surface area contributed by atoms with Crippen LogP contribution in [0.3, 0.4) is 0 Å². The Labute approximate surface area is 166 Å². The quantitative estimate of drug-likeness (QED) is 0.786. The van der Waals surface area contributed by atoms with Crippen LogP contribution in [0.4, 0.5) is 5.69 Å². The lowest BCUT2D eigenvalue weighted by atomic mass is 10.3. The molecule has 1 amide bonds. The van der Waals surface area contributed by atoms with Gasteiger partial charge in [0, 0.05) is 50.5 Å². The van der Waals surface area contributed by atoms with E-state index < -0.39 is 10.0 Å². The summed E-state index contributed by atoms with van der Waals surface area (Å²) in [5, 5.41) is 7.15. The van der Waals surface area contributed by atoms with Crippen LogP contribution in [0.5, 0.6) is 0 Å². The minimum absolute atomic E-state index is 0.137. The van der Waals surface area contributed by atoms with E-state index >= 15 is 0 Å². The molecule has 2 aromatic rings. The Bertz CT molecular complexity index is 929. The molecule has 0 aliphatic carbocycles. The van der Waals surface area contributed by atoms with E-state index in [0.717, 1.165) is 24.5 Å². The molecule has 8 nitrogen and oxygen atoms in total. The van der Waals surface area contributed by atoms with E-state index in [1.807, 2.05) is 27.0 Å². The number of piperazine rings is 1. The van der Waals surface area contributed by atoms with Gasteiger partial charge in [-0.2, -0.15) is 9.40 Å². The van der Waals surface area contributed by atoms with Crippen LogP contribution in [-0.4, -0.2) is 66.5 Å². The molecule has 0 radical (unpaired) electrons. The minimum Gasteiger partial charge on any atom is -0.326 e. The van der Waals surface area contributed by atoms with Crippen molar-refractivity contribution in [2.24, 2.45) is 0 Å². The van der Waals surface area contributed by atoms with Crippen molar-refractivity contribution in [1.29, 1.82) is 0 Å². The second kappa shape index (κ2) is 8.42. The van der Waals surface area contributed by atoms with Gasteiger partial charge in [-0.15, -0.1) is 0 Å². The normalized spacial score (nSPS) is 16.2. The van der Waals surface area contributed by atoms with Crippen molar-refractivity contribution in [3.63, 3.8) is 0 Å². The largest absolute Gasteiger partial charge is 0.326 e.